The minimum Gasteiger partial charge on any atom is -0.406 e. The summed E-state index contributed by atoms with van der Waals surface area (Å²) in [5.74, 6) is -2.48. The van der Waals surface area contributed by atoms with Gasteiger partial charge in [-0.3, -0.25) is 4.79 Å². The van der Waals surface area contributed by atoms with Gasteiger partial charge in [-0.1, -0.05) is 24.3 Å². The second-order valence-corrected chi connectivity index (χ2v) is 7.62. The molecule has 0 fully saturated rings. The molecular formula is C19H10F6O5S. The molecular weight excluding hydrogens is 454 g/mol. The van der Waals surface area contributed by atoms with Gasteiger partial charge < -0.3 is 8.92 Å². The third-order valence-corrected chi connectivity index (χ3v) is 4.89. The molecule has 0 unspecified atom stereocenters. The molecule has 0 bridgehead atoms. The van der Waals surface area contributed by atoms with Crippen molar-refractivity contribution in [2.45, 2.75) is 11.9 Å². The summed E-state index contributed by atoms with van der Waals surface area (Å²) in [6.07, 6.45) is -4.96. The normalized spacial score (nSPS) is 12.6. The van der Waals surface area contributed by atoms with E-state index < -0.39 is 44.8 Å². The van der Waals surface area contributed by atoms with Crippen molar-refractivity contribution >= 4 is 26.7 Å². The standard InChI is InChI=1S/C19H10F6O5S/c20-18(21,22)29-14-7-5-11(6-8-14)17(26)15-9-12-3-1-2-4-13(12)10-16(15)30-31(27,28)19(23,24)25/h1-10H. The Kier molecular flexibility index (Phi) is 5.61. The summed E-state index contributed by atoms with van der Waals surface area (Å²) >= 11 is 0. The van der Waals surface area contributed by atoms with Crippen LogP contribution in [0.15, 0.2) is 60.7 Å². The molecule has 0 radical (unpaired) electrons. The van der Waals surface area contributed by atoms with Crippen LogP contribution >= 0.6 is 0 Å². The zero-order chi connectivity index (χ0) is 23.0. The lowest BCUT2D eigenvalue weighted by Gasteiger charge is -2.14. The maximum Gasteiger partial charge on any atom is 0.573 e. The molecule has 0 spiro atoms. The van der Waals surface area contributed by atoms with Crippen molar-refractivity contribution in [1.29, 1.82) is 0 Å². The van der Waals surface area contributed by atoms with Gasteiger partial charge in [-0.05, 0) is 47.2 Å². The fraction of sp³-hybridized carbons (Fsp3) is 0.105. The Morgan fingerprint density at radius 1 is 0.806 bits per heavy atom. The van der Waals surface area contributed by atoms with E-state index in [0.29, 0.717) is 10.8 Å². The van der Waals surface area contributed by atoms with Gasteiger partial charge in [0.1, 0.15) is 5.75 Å². The molecule has 0 atom stereocenters. The van der Waals surface area contributed by atoms with Crippen molar-refractivity contribution < 1.29 is 48.5 Å². The van der Waals surface area contributed by atoms with Crippen LogP contribution in [-0.4, -0.2) is 26.1 Å². The SMILES string of the molecule is O=C(c1ccc(OC(F)(F)F)cc1)c1cc2ccccc2cc1OS(=O)(=O)C(F)(F)F. The first kappa shape index (κ1) is 22.4. The summed E-state index contributed by atoms with van der Waals surface area (Å²) < 4.78 is 106. The lowest BCUT2D eigenvalue weighted by atomic mass is 9.99. The Morgan fingerprint density at radius 2 is 1.35 bits per heavy atom. The molecule has 0 saturated carbocycles. The second kappa shape index (κ2) is 7.76. The van der Waals surface area contributed by atoms with Gasteiger partial charge in [0.05, 0.1) is 5.56 Å². The maximum absolute atomic E-state index is 12.8. The van der Waals surface area contributed by atoms with Gasteiger partial charge in [0.2, 0.25) is 0 Å². The van der Waals surface area contributed by atoms with Crippen molar-refractivity contribution in [3.05, 3.63) is 71.8 Å². The van der Waals surface area contributed by atoms with E-state index in [1.54, 1.807) is 6.07 Å². The maximum atomic E-state index is 12.8. The lowest BCUT2D eigenvalue weighted by Crippen LogP contribution is -2.28. The average Bonchev–Trinajstić information content (AvgIpc) is 2.65. The highest BCUT2D eigenvalue weighted by atomic mass is 32.2. The van der Waals surface area contributed by atoms with Crippen LogP contribution in [0.2, 0.25) is 0 Å². The van der Waals surface area contributed by atoms with Crippen LogP contribution in [0.5, 0.6) is 11.5 Å². The fourth-order valence-corrected chi connectivity index (χ4v) is 3.06. The van der Waals surface area contributed by atoms with Crippen LogP contribution < -0.4 is 8.92 Å². The first-order valence-electron chi connectivity index (χ1n) is 8.21. The van der Waals surface area contributed by atoms with Gasteiger partial charge in [-0.25, -0.2) is 0 Å². The minimum absolute atomic E-state index is 0.237. The summed E-state index contributed by atoms with van der Waals surface area (Å²) in [5.41, 5.74) is -6.51. The molecule has 0 saturated heterocycles. The highest BCUT2D eigenvalue weighted by molar-refractivity contribution is 7.88. The monoisotopic (exact) mass is 464 g/mol. The minimum atomic E-state index is -6.08. The van der Waals surface area contributed by atoms with E-state index in [9.17, 15) is 39.6 Å². The average molecular weight is 464 g/mol. The van der Waals surface area contributed by atoms with E-state index in [4.69, 9.17) is 0 Å². The number of halogens is 6. The van der Waals surface area contributed by atoms with Crippen LogP contribution in [0.25, 0.3) is 10.8 Å². The van der Waals surface area contributed by atoms with E-state index in [1.807, 2.05) is 0 Å². The van der Waals surface area contributed by atoms with E-state index in [-0.39, 0.29) is 5.56 Å². The van der Waals surface area contributed by atoms with E-state index in [2.05, 4.69) is 8.92 Å². The summed E-state index contributed by atoms with van der Waals surface area (Å²) in [4.78, 5) is 12.8. The number of hydrogen-bond acceptors (Lipinski definition) is 5. The number of benzene rings is 3. The van der Waals surface area contributed by atoms with Crippen molar-refractivity contribution in [2.75, 3.05) is 0 Å². The highest BCUT2D eigenvalue weighted by Crippen LogP contribution is 2.33. The third-order valence-electron chi connectivity index (χ3n) is 3.93. The predicted octanol–water partition coefficient (Wildman–Crippen LogP) is 5.20. The largest absolute Gasteiger partial charge is 0.573 e. The summed E-state index contributed by atoms with van der Waals surface area (Å²) in [7, 11) is -6.08. The molecule has 0 heterocycles. The van der Waals surface area contributed by atoms with Gasteiger partial charge in [0.25, 0.3) is 0 Å². The molecule has 0 aliphatic carbocycles. The molecule has 12 heteroatoms. The first-order chi connectivity index (χ1) is 14.3. The molecule has 3 aromatic rings. The molecule has 0 amide bonds. The number of ketones is 1. The second-order valence-electron chi connectivity index (χ2n) is 6.08. The topological polar surface area (TPSA) is 69.7 Å². The number of hydrogen-bond donors (Lipinski definition) is 0. The van der Waals surface area contributed by atoms with Gasteiger partial charge in [0, 0.05) is 5.56 Å². The predicted molar refractivity (Wildman–Crippen MR) is 96.1 cm³/mol. The van der Waals surface area contributed by atoms with Crippen molar-refractivity contribution in [1.82, 2.24) is 0 Å². The molecule has 31 heavy (non-hydrogen) atoms. The Bertz CT molecular complexity index is 1230. The van der Waals surface area contributed by atoms with Crippen LogP contribution in [0, 0.1) is 0 Å². The molecule has 0 aromatic heterocycles. The Balaban J connectivity index is 2.06. The highest BCUT2D eigenvalue weighted by Gasteiger charge is 2.49. The van der Waals surface area contributed by atoms with E-state index in [0.717, 1.165) is 36.4 Å². The number of carbonyl (C=O) groups is 1. The van der Waals surface area contributed by atoms with E-state index in [1.165, 1.54) is 18.2 Å². The first-order valence-corrected chi connectivity index (χ1v) is 9.62. The molecule has 0 N–H and O–H groups in total. The summed E-state index contributed by atoms with van der Waals surface area (Å²) in [6, 6.07) is 11.7. The van der Waals surface area contributed by atoms with Gasteiger partial charge >= 0.3 is 22.0 Å². The number of fused-ring (bicyclic) bond motifs is 1. The Hall–Kier alpha value is -3.28. The molecule has 3 aromatic carbocycles. The number of carbonyl (C=O) groups excluding carboxylic acids is 1. The lowest BCUT2D eigenvalue weighted by molar-refractivity contribution is -0.274. The Labute approximate surface area is 170 Å². The number of rotatable bonds is 5. The number of ether oxygens (including phenoxy) is 1. The molecule has 3 rings (SSSR count). The summed E-state index contributed by atoms with van der Waals surface area (Å²) in [5, 5.41) is 0.681. The van der Waals surface area contributed by atoms with Crippen LogP contribution in [-0.2, 0) is 10.1 Å². The van der Waals surface area contributed by atoms with Crippen molar-refractivity contribution in [3.8, 4) is 11.5 Å². The van der Waals surface area contributed by atoms with Crippen molar-refractivity contribution in [2.24, 2.45) is 0 Å². The van der Waals surface area contributed by atoms with Crippen LogP contribution in [0.4, 0.5) is 26.3 Å². The van der Waals surface area contributed by atoms with Gasteiger partial charge in [0.15, 0.2) is 11.5 Å². The molecule has 0 aliphatic heterocycles. The summed E-state index contributed by atoms with van der Waals surface area (Å²) in [6.45, 7) is 0. The zero-order valence-electron chi connectivity index (χ0n) is 15.0. The van der Waals surface area contributed by atoms with Crippen molar-refractivity contribution in [3.63, 3.8) is 0 Å². The van der Waals surface area contributed by atoms with Crippen LogP contribution in [0.1, 0.15) is 15.9 Å². The molecule has 0 aliphatic rings. The smallest absolute Gasteiger partial charge is 0.406 e. The zero-order valence-corrected chi connectivity index (χ0v) is 15.8. The Morgan fingerprint density at radius 3 is 1.87 bits per heavy atom. The van der Waals surface area contributed by atoms with E-state index >= 15 is 0 Å². The number of alkyl halides is 6. The third kappa shape index (κ3) is 5.08. The van der Waals surface area contributed by atoms with Gasteiger partial charge in [-0.2, -0.15) is 21.6 Å². The fourth-order valence-electron chi connectivity index (χ4n) is 2.59. The van der Waals surface area contributed by atoms with Gasteiger partial charge in [-0.15, -0.1) is 13.2 Å². The van der Waals surface area contributed by atoms with Crippen LogP contribution in [0.3, 0.4) is 0 Å². The molecule has 164 valence electrons. The molecule has 5 nitrogen and oxygen atoms in total. The quantitative estimate of drug-likeness (QED) is 0.225.